The molecule has 1 aromatic carbocycles. The first kappa shape index (κ1) is 19.3. The molecule has 27 heavy (non-hydrogen) atoms. The normalized spacial score (nSPS) is 17.4. The Balaban J connectivity index is 1.64. The van der Waals surface area contributed by atoms with Gasteiger partial charge in [-0.05, 0) is 31.5 Å². The highest BCUT2D eigenvalue weighted by molar-refractivity contribution is 7.15. The van der Waals surface area contributed by atoms with Crippen LogP contribution >= 0.6 is 11.3 Å². The molecule has 2 heterocycles. The van der Waals surface area contributed by atoms with Crippen LogP contribution in [0.1, 0.15) is 28.1 Å². The number of hydrogen-bond acceptors (Lipinski definition) is 4. The Morgan fingerprint density at radius 3 is 2.74 bits per heavy atom. The standard InChI is InChI=1S/C18H18F3N3O2S/c1-10-11(2)27-17(22-10)23-16(26)13-7-15(25)24(9-13)8-12-4-3-5-14(6-12)18(19,20)21/h3-6,13H,7-9H2,1-2H3,(H,22,23,26). The van der Waals surface area contributed by atoms with Gasteiger partial charge in [-0.2, -0.15) is 13.2 Å². The van der Waals surface area contributed by atoms with Crippen LogP contribution in [-0.4, -0.2) is 28.2 Å². The second-order valence-electron chi connectivity index (χ2n) is 6.52. The topological polar surface area (TPSA) is 62.3 Å². The van der Waals surface area contributed by atoms with E-state index < -0.39 is 17.7 Å². The summed E-state index contributed by atoms with van der Waals surface area (Å²) < 4.78 is 38.5. The fraction of sp³-hybridized carbons (Fsp3) is 0.389. The van der Waals surface area contributed by atoms with Gasteiger partial charge < -0.3 is 10.2 Å². The maximum atomic E-state index is 12.8. The van der Waals surface area contributed by atoms with Crippen molar-refractivity contribution >= 4 is 28.3 Å². The van der Waals surface area contributed by atoms with Gasteiger partial charge >= 0.3 is 6.18 Å². The molecular formula is C18H18F3N3O2S. The lowest BCUT2D eigenvalue weighted by atomic mass is 10.1. The Kier molecular flexibility index (Phi) is 5.23. The van der Waals surface area contributed by atoms with Crippen molar-refractivity contribution < 1.29 is 22.8 Å². The monoisotopic (exact) mass is 397 g/mol. The molecule has 1 atom stereocenters. The molecule has 0 radical (unpaired) electrons. The Morgan fingerprint density at radius 2 is 2.11 bits per heavy atom. The smallest absolute Gasteiger partial charge is 0.338 e. The van der Waals surface area contributed by atoms with E-state index in [2.05, 4.69) is 10.3 Å². The van der Waals surface area contributed by atoms with Crippen molar-refractivity contribution in [3.63, 3.8) is 0 Å². The number of hydrogen-bond donors (Lipinski definition) is 1. The van der Waals surface area contributed by atoms with Crippen LogP contribution < -0.4 is 5.32 Å². The number of rotatable bonds is 4. The summed E-state index contributed by atoms with van der Waals surface area (Å²) in [4.78, 5) is 31.2. The number of aromatic nitrogens is 1. The predicted octanol–water partition coefficient (Wildman–Crippen LogP) is 3.77. The number of halogens is 3. The van der Waals surface area contributed by atoms with Crippen molar-refractivity contribution in [3.05, 3.63) is 46.0 Å². The summed E-state index contributed by atoms with van der Waals surface area (Å²) in [5.74, 6) is -1.10. The van der Waals surface area contributed by atoms with Gasteiger partial charge in [-0.3, -0.25) is 9.59 Å². The number of anilines is 1. The molecule has 0 bridgehead atoms. The molecule has 1 saturated heterocycles. The molecule has 0 aliphatic carbocycles. The summed E-state index contributed by atoms with van der Waals surface area (Å²) in [5.41, 5.74) is 0.463. The third kappa shape index (κ3) is 4.47. The number of alkyl halides is 3. The number of likely N-dealkylation sites (tertiary alicyclic amines) is 1. The molecule has 9 heteroatoms. The minimum absolute atomic E-state index is 0.0358. The molecule has 3 rings (SSSR count). The third-order valence-electron chi connectivity index (χ3n) is 4.47. The third-order valence-corrected chi connectivity index (χ3v) is 5.46. The average Bonchev–Trinajstić information content (AvgIpc) is 3.09. The summed E-state index contributed by atoms with van der Waals surface area (Å²) in [6.07, 6.45) is -4.40. The zero-order valence-corrected chi connectivity index (χ0v) is 15.6. The summed E-state index contributed by atoms with van der Waals surface area (Å²) in [6, 6.07) is 4.87. The summed E-state index contributed by atoms with van der Waals surface area (Å²) in [7, 11) is 0. The average molecular weight is 397 g/mol. The van der Waals surface area contributed by atoms with Crippen molar-refractivity contribution in [1.29, 1.82) is 0 Å². The minimum atomic E-state index is -4.43. The first-order valence-corrected chi connectivity index (χ1v) is 9.14. The molecule has 0 saturated carbocycles. The molecule has 144 valence electrons. The van der Waals surface area contributed by atoms with E-state index in [0.717, 1.165) is 22.7 Å². The van der Waals surface area contributed by atoms with Gasteiger partial charge in [0.1, 0.15) is 0 Å². The molecule has 2 aromatic rings. The number of thiazole rings is 1. The van der Waals surface area contributed by atoms with E-state index >= 15 is 0 Å². The number of carbonyl (C=O) groups excluding carboxylic acids is 2. The van der Waals surface area contributed by atoms with Crippen molar-refractivity contribution in [1.82, 2.24) is 9.88 Å². The summed E-state index contributed by atoms with van der Waals surface area (Å²) in [6.45, 7) is 3.96. The van der Waals surface area contributed by atoms with Crippen molar-refractivity contribution in [2.75, 3.05) is 11.9 Å². The van der Waals surface area contributed by atoms with Crippen molar-refractivity contribution in [2.24, 2.45) is 5.92 Å². The fourth-order valence-corrected chi connectivity index (χ4v) is 3.72. The zero-order chi connectivity index (χ0) is 19.8. The molecule has 1 aromatic heterocycles. The second-order valence-corrected chi connectivity index (χ2v) is 7.73. The van der Waals surface area contributed by atoms with E-state index in [9.17, 15) is 22.8 Å². The number of nitrogens with zero attached hydrogens (tertiary/aromatic N) is 2. The van der Waals surface area contributed by atoms with Gasteiger partial charge in [0, 0.05) is 24.4 Å². The predicted molar refractivity (Wildman–Crippen MR) is 95.2 cm³/mol. The van der Waals surface area contributed by atoms with Crippen LogP contribution in [0.5, 0.6) is 0 Å². The number of carbonyl (C=O) groups is 2. The van der Waals surface area contributed by atoms with Gasteiger partial charge in [0.2, 0.25) is 11.8 Å². The first-order valence-electron chi connectivity index (χ1n) is 8.32. The highest BCUT2D eigenvalue weighted by Gasteiger charge is 2.35. The van der Waals surface area contributed by atoms with Crippen LogP contribution in [0.15, 0.2) is 24.3 Å². The lowest BCUT2D eigenvalue weighted by molar-refractivity contribution is -0.137. The fourth-order valence-electron chi connectivity index (χ4n) is 2.90. The summed E-state index contributed by atoms with van der Waals surface area (Å²) in [5, 5.41) is 3.21. The first-order chi connectivity index (χ1) is 12.6. The number of amides is 2. The van der Waals surface area contributed by atoms with Crippen molar-refractivity contribution in [2.45, 2.75) is 33.0 Å². The van der Waals surface area contributed by atoms with Crippen LogP contribution in [0.25, 0.3) is 0 Å². The lowest BCUT2D eigenvalue weighted by Crippen LogP contribution is -2.28. The highest BCUT2D eigenvalue weighted by Crippen LogP contribution is 2.30. The van der Waals surface area contributed by atoms with E-state index in [0.29, 0.717) is 10.7 Å². The van der Waals surface area contributed by atoms with Gasteiger partial charge in [0.15, 0.2) is 5.13 Å². The quantitative estimate of drug-likeness (QED) is 0.854. The second kappa shape index (κ2) is 7.30. The minimum Gasteiger partial charge on any atom is -0.338 e. The van der Waals surface area contributed by atoms with Crippen LogP contribution in [0, 0.1) is 19.8 Å². The van der Waals surface area contributed by atoms with Crippen LogP contribution in [0.2, 0.25) is 0 Å². The molecule has 2 amide bonds. The molecule has 1 unspecified atom stereocenters. The van der Waals surface area contributed by atoms with Gasteiger partial charge in [0.05, 0.1) is 17.2 Å². The van der Waals surface area contributed by atoms with Gasteiger partial charge in [-0.1, -0.05) is 12.1 Å². The van der Waals surface area contributed by atoms with Crippen molar-refractivity contribution in [3.8, 4) is 0 Å². The van der Waals surface area contributed by atoms with E-state index in [1.165, 1.54) is 28.4 Å². The Labute approximate surface area is 158 Å². The SMILES string of the molecule is Cc1nc(NC(=O)C2CC(=O)N(Cc3cccc(C(F)(F)F)c3)C2)sc1C. The number of benzene rings is 1. The molecule has 1 N–H and O–H groups in total. The zero-order valence-electron chi connectivity index (χ0n) is 14.8. The van der Waals surface area contributed by atoms with Gasteiger partial charge in [-0.15, -0.1) is 11.3 Å². The molecule has 1 aliphatic heterocycles. The molecular weight excluding hydrogens is 379 g/mol. The Hall–Kier alpha value is -2.42. The van der Waals surface area contributed by atoms with Crippen LogP contribution in [0.3, 0.4) is 0 Å². The largest absolute Gasteiger partial charge is 0.416 e. The van der Waals surface area contributed by atoms with Crippen LogP contribution in [0.4, 0.5) is 18.3 Å². The van der Waals surface area contributed by atoms with E-state index in [1.807, 2.05) is 13.8 Å². The van der Waals surface area contributed by atoms with Crippen LogP contribution in [-0.2, 0) is 22.3 Å². The number of aryl methyl sites for hydroxylation is 2. The van der Waals surface area contributed by atoms with E-state index in [4.69, 9.17) is 0 Å². The highest BCUT2D eigenvalue weighted by atomic mass is 32.1. The Bertz CT molecular complexity index is 859. The lowest BCUT2D eigenvalue weighted by Gasteiger charge is -2.17. The molecule has 0 spiro atoms. The van der Waals surface area contributed by atoms with E-state index in [-0.39, 0.29) is 31.3 Å². The molecule has 1 aliphatic rings. The van der Waals surface area contributed by atoms with Gasteiger partial charge in [-0.25, -0.2) is 4.98 Å². The maximum absolute atomic E-state index is 12.8. The summed E-state index contributed by atoms with van der Waals surface area (Å²) >= 11 is 1.36. The van der Waals surface area contributed by atoms with Gasteiger partial charge in [0.25, 0.3) is 0 Å². The molecule has 1 fully saturated rings. The number of nitrogens with one attached hydrogen (secondary N) is 1. The van der Waals surface area contributed by atoms with E-state index in [1.54, 1.807) is 0 Å². The maximum Gasteiger partial charge on any atom is 0.416 e. The Morgan fingerprint density at radius 1 is 1.37 bits per heavy atom. The molecule has 5 nitrogen and oxygen atoms in total.